The van der Waals surface area contributed by atoms with Crippen molar-refractivity contribution in [1.82, 2.24) is 5.32 Å². The van der Waals surface area contributed by atoms with E-state index >= 15 is 0 Å². The Balaban J connectivity index is 1.61. The van der Waals surface area contributed by atoms with E-state index in [2.05, 4.69) is 10.6 Å². The molecular formula is C20H17ClN2O4S. The van der Waals surface area contributed by atoms with Crippen LogP contribution >= 0.6 is 22.9 Å². The third-order valence-electron chi connectivity index (χ3n) is 3.81. The summed E-state index contributed by atoms with van der Waals surface area (Å²) in [6, 6.07) is 13.8. The molecule has 0 spiro atoms. The second-order valence-electron chi connectivity index (χ2n) is 5.77. The van der Waals surface area contributed by atoms with E-state index in [0.717, 1.165) is 10.1 Å². The normalized spacial score (nSPS) is 10.5. The molecule has 0 fully saturated rings. The van der Waals surface area contributed by atoms with Crippen LogP contribution in [0.3, 0.4) is 0 Å². The highest BCUT2D eigenvalue weighted by Crippen LogP contribution is 2.34. The Bertz CT molecular complexity index is 1050. The molecule has 144 valence electrons. The van der Waals surface area contributed by atoms with E-state index in [1.54, 1.807) is 25.1 Å². The number of carbonyl (C=O) groups excluding carboxylic acids is 3. The van der Waals surface area contributed by atoms with Crippen LogP contribution in [0.1, 0.15) is 27.0 Å². The number of rotatable bonds is 6. The number of thiophene rings is 1. The average Bonchev–Trinajstić information content (AvgIpc) is 3.03. The molecule has 0 radical (unpaired) electrons. The number of esters is 1. The standard InChI is InChI=1S/C20H17ClN2O4S/c1-2-27-20(26)12-6-5-7-13(10-12)23-16(24)11-22-19(25)18-17(21)14-8-3-4-9-15(14)28-18/h3-10H,2,11H2,1H3,(H,22,25)(H,23,24). The van der Waals surface area contributed by atoms with Gasteiger partial charge in [0.2, 0.25) is 5.91 Å². The molecule has 8 heteroatoms. The Morgan fingerprint density at radius 2 is 1.89 bits per heavy atom. The van der Waals surface area contributed by atoms with Crippen molar-refractivity contribution in [3.05, 3.63) is 64.0 Å². The van der Waals surface area contributed by atoms with Gasteiger partial charge in [0.05, 0.1) is 23.7 Å². The van der Waals surface area contributed by atoms with Crippen LogP contribution in [0.15, 0.2) is 48.5 Å². The number of carbonyl (C=O) groups is 3. The first-order valence-corrected chi connectivity index (χ1v) is 9.71. The van der Waals surface area contributed by atoms with Gasteiger partial charge < -0.3 is 15.4 Å². The zero-order chi connectivity index (χ0) is 20.1. The van der Waals surface area contributed by atoms with Crippen molar-refractivity contribution in [1.29, 1.82) is 0 Å². The lowest BCUT2D eigenvalue weighted by atomic mass is 10.2. The number of fused-ring (bicyclic) bond motifs is 1. The molecule has 3 aromatic rings. The molecule has 2 N–H and O–H groups in total. The number of halogens is 1. The number of amides is 2. The third-order valence-corrected chi connectivity index (χ3v) is 5.48. The summed E-state index contributed by atoms with van der Waals surface area (Å²) in [4.78, 5) is 36.6. The lowest BCUT2D eigenvalue weighted by Gasteiger charge is -2.08. The van der Waals surface area contributed by atoms with Crippen LogP contribution < -0.4 is 10.6 Å². The summed E-state index contributed by atoms with van der Waals surface area (Å²) >= 11 is 7.55. The molecule has 2 amide bonds. The summed E-state index contributed by atoms with van der Waals surface area (Å²) in [7, 11) is 0. The predicted octanol–water partition coefficient (Wildman–Crippen LogP) is 4.10. The monoisotopic (exact) mass is 416 g/mol. The van der Waals surface area contributed by atoms with E-state index in [9.17, 15) is 14.4 Å². The van der Waals surface area contributed by atoms with Crippen molar-refractivity contribution >= 4 is 56.5 Å². The first kappa shape index (κ1) is 19.9. The summed E-state index contributed by atoms with van der Waals surface area (Å²) in [5.41, 5.74) is 0.769. The molecule has 3 rings (SSSR count). The molecule has 6 nitrogen and oxygen atoms in total. The van der Waals surface area contributed by atoms with Gasteiger partial charge in [-0.15, -0.1) is 11.3 Å². The molecule has 0 saturated heterocycles. The molecule has 0 aliphatic carbocycles. The van der Waals surface area contributed by atoms with E-state index in [4.69, 9.17) is 16.3 Å². The van der Waals surface area contributed by atoms with Gasteiger partial charge in [0, 0.05) is 15.8 Å². The maximum Gasteiger partial charge on any atom is 0.338 e. The largest absolute Gasteiger partial charge is 0.462 e. The van der Waals surface area contributed by atoms with Crippen molar-refractivity contribution < 1.29 is 19.1 Å². The number of hydrogen-bond donors (Lipinski definition) is 2. The molecular weight excluding hydrogens is 400 g/mol. The third kappa shape index (κ3) is 4.49. The Hall–Kier alpha value is -2.90. The van der Waals surface area contributed by atoms with Gasteiger partial charge in [-0.05, 0) is 31.2 Å². The molecule has 0 atom stereocenters. The lowest BCUT2D eigenvalue weighted by molar-refractivity contribution is -0.115. The van der Waals surface area contributed by atoms with E-state index in [-0.39, 0.29) is 13.2 Å². The minimum Gasteiger partial charge on any atom is -0.462 e. The molecule has 0 saturated carbocycles. The van der Waals surface area contributed by atoms with Crippen LogP contribution in [0, 0.1) is 0 Å². The molecule has 1 aromatic heterocycles. The van der Waals surface area contributed by atoms with Gasteiger partial charge in [-0.3, -0.25) is 9.59 Å². The number of benzene rings is 2. The second kappa shape index (κ2) is 8.86. The van der Waals surface area contributed by atoms with Gasteiger partial charge in [-0.2, -0.15) is 0 Å². The van der Waals surface area contributed by atoms with Crippen LogP contribution in [0.4, 0.5) is 5.69 Å². The molecule has 0 bridgehead atoms. The van der Waals surface area contributed by atoms with Crippen molar-refractivity contribution in [2.75, 3.05) is 18.5 Å². The first-order chi connectivity index (χ1) is 13.5. The fraction of sp³-hybridized carbons (Fsp3) is 0.150. The highest BCUT2D eigenvalue weighted by molar-refractivity contribution is 7.21. The molecule has 1 heterocycles. The first-order valence-electron chi connectivity index (χ1n) is 8.52. The Morgan fingerprint density at radius 1 is 1.11 bits per heavy atom. The topological polar surface area (TPSA) is 84.5 Å². The van der Waals surface area contributed by atoms with Crippen LogP contribution in [-0.2, 0) is 9.53 Å². The minimum atomic E-state index is -0.466. The molecule has 2 aromatic carbocycles. The number of hydrogen-bond acceptors (Lipinski definition) is 5. The smallest absolute Gasteiger partial charge is 0.338 e. The van der Waals surface area contributed by atoms with E-state index < -0.39 is 17.8 Å². The van der Waals surface area contributed by atoms with Crippen molar-refractivity contribution in [2.24, 2.45) is 0 Å². The highest BCUT2D eigenvalue weighted by Gasteiger charge is 2.17. The summed E-state index contributed by atoms with van der Waals surface area (Å²) in [5, 5.41) is 6.38. The van der Waals surface area contributed by atoms with Crippen molar-refractivity contribution in [3.8, 4) is 0 Å². The quantitative estimate of drug-likeness (QED) is 0.592. The Labute approximate surface area is 170 Å². The van der Waals surface area contributed by atoms with E-state index in [1.165, 1.54) is 17.4 Å². The van der Waals surface area contributed by atoms with Crippen LogP contribution in [0.5, 0.6) is 0 Å². The van der Waals surface area contributed by atoms with Gasteiger partial charge >= 0.3 is 5.97 Å². The van der Waals surface area contributed by atoms with Gasteiger partial charge in [0.1, 0.15) is 4.88 Å². The SMILES string of the molecule is CCOC(=O)c1cccc(NC(=O)CNC(=O)c2sc3ccccc3c2Cl)c1. The van der Waals surface area contributed by atoms with Gasteiger partial charge in [0.15, 0.2) is 0 Å². The van der Waals surface area contributed by atoms with Crippen LogP contribution in [-0.4, -0.2) is 30.9 Å². The fourth-order valence-electron chi connectivity index (χ4n) is 2.54. The van der Waals surface area contributed by atoms with Gasteiger partial charge in [0.25, 0.3) is 5.91 Å². The van der Waals surface area contributed by atoms with E-state index in [0.29, 0.717) is 21.2 Å². The summed E-state index contributed by atoms with van der Waals surface area (Å²) in [6.07, 6.45) is 0. The summed E-state index contributed by atoms with van der Waals surface area (Å²) < 4.78 is 5.83. The number of ether oxygens (including phenoxy) is 1. The average molecular weight is 417 g/mol. The van der Waals surface area contributed by atoms with E-state index in [1.807, 2.05) is 24.3 Å². The number of nitrogens with one attached hydrogen (secondary N) is 2. The molecule has 28 heavy (non-hydrogen) atoms. The van der Waals surface area contributed by atoms with Crippen molar-refractivity contribution in [3.63, 3.8) is 0 Å². The van der Waals surface area contributed by atoms with Gasteiger partial charge in [-0.1, -0.05) is 35.9 Å². The zero-order valence-electron chi connectivity index (χ0n) is 15.0. The Morgan fingerprint density at radius 3 is 2.64 bits per heavy atom. The second-order valence-corrected chi connectivity index (χ2v) is 7.20. The van der Waals surface area contributed by atoms with Crippen LogP contribution in [0.2, 0.25) is 5.02 Å². The molecule has 0 aliphatic heterocycles. The summed E-state index contributed by atoms with van der Waals surface area (Å²) in [6.45, 7) is 1.75. The Kier molecular flexibility index (Phi) is 6.28. The lowest BCUT2D eigenvalue weighted by Crippen LogP contribution is -2.32. The molecule has 0 unspecified atom stereocenters. The fourth-order valence-corrected chi connectivity index (χ4v) is 3.98. The van der Waals surface area contributed by atoms with Gasteiger partial charge in [-0.25, -0.2) is 4.79 Å². The maximum absolute atomic E-state index is 12.4. The van der Waals surface area contributed by atoms with Crippen LogP contribution in [0.25, 0.3) is 10.1 Å². The van der Waals surface area contributed by atoms with Crippen molar-refractivity contribution in [2.45, 2.75) is 6.92 Å². The maximum atomic E-state index is 12.4. The highest BCUT2D eigenvalue weighted by atomic mass is 35.5. The zero-order valence-corrected chi connectivity index (χ0v) is 16.5. The summed E-state index contributed by atoms with van der Waals surface area (Å²) in [5.74, 6) is -1.31. The molecule has 0 aliphatic rings. The minimum absolute atomic E-state index is 0.229. The predicted molar refractivity (Wildman–Crippen MR) is 110 cm³/mol. The number of anilines is 1.